The van der Waals surface area contributed by atoms with Crippen LogP contribution >= 0.6 is 0 Å². The molecule has 1 aliphatic heterocycles. The smallest absolute Gasteiger partial charge is 0.419 e. The summed E-state index contributed by atoms with van der Waals surface area (Å²) in [6.45, 7) is 9.34. The average Bonchev–Trinajstić information content (AvgIpc) is 3.06. The van der Waals surface area contributed by atoms with Crippen LogP contribution in [0.5, 0.6) is 0 Å². The van der Waals surface area contributed by atoms with Gasteiger partial charge in [-0.25, -0.2) is 9.36 Å². The Morgan fingerprint density at radius 2 is 1.69 bits per heavy atom. The van der Waals surface area contributed by atoms with Crippen LogP contribution in [0.1, 0.15) is 32.9 Å². The lowest BCUT2D eigenvalue weighted by molar-refractivity contribution is 0.0543. The van der Waals surface area contributed by atoms with Crippen molar-refractivity contribution in [3.8, 4) is 0 Å². The van der Waals surface area contributed by atoms with Gasteiger partial charge in [-0.3, -0.25) is 4.98 Å². The molecule has 0 N–H and O–H groups in total. The standard InChI is InChI=1S/C29H32N4O2/c1-29(2,3)35-28(34)33-25-11-8-7-9-22(25)21-27(33)24-10-5-4-6-12-26(24)32-19-17-31(18-20-32)23-13-15-30-16-14-23/h4,6-16,21H,5,17-20H2,1-3H3. The molecule has 2 aliphatic rings. The van der Waals surface area contributed by atoms with E-state index in [-0.39, 0.29) is 6.09 Å². The molecular weight excluding hydrogens is 436 g/mol. The lowest BCUT2D eigenvalue weighted by Crippen LogP contribution is -2.46. The minimum absolute atomic E-state index is 0.353. The number of aromatic nitrogens is 2. The molecule has 1 fully saturated rings. The van der Waals surface area contributed by atoms with E-state index in [2.05, 4.69) is 57.3 Å². The Labute approximate surface area is 206 Å². The molecule has 0 radical (unpaired) electrons. The summed E-state index contributed by atoms with van der Waals surface area (Å²) in [6.07, 6.45) is 12.8. The molecule has 0 bridgehead atoms. The van der Waals surface area contributed by atoms with Crippen LogP contribution in [-0.2, 0) is 4.74 Å². The summed E-state index contributed by atoms with van der Waals surface area (Å²) in [7, 11) is 0. The third-order valence-electron chi connectivity index (χ3n) is 6.34. The third kappa shape index (κ3) is 4.87. The number of allylic oxidation sites excluding steroid dienone is 5. The molecule has 3 aromatic rings. The van der Waals surface area contributed by atoms with Gasteiger partial charge in [0.05, 0.1) is 11.2 Å². The van der Waals surface area contributed by atoms with E-state index < -0.39 is 5.60 Å². The van der Waals surface area contributed by atoms with Crippen molar-refractivity contribution in [2.75, 3.05) is 31.1 Å². The number of anilines is 1. The fourth-order valence-corrected chi connectivity index (χ4v) is 4.75. The summed E-state index contributed by atoms with van der Waals surface area (Å²) in [5.41, 5.74) is 4.55. The molecule has 180 valence electrons. The fraction of sp³-hybridized carbons (Fsp3) is 0.310. The number of ether oxygens (including phenoxy) is 1. The van der Waals surface area contributed by atoms with Crippen LogP contribution in [0.3, 0.4) is 0 Å². The van der Waals surface area contributed by atoms with Gasteiger partial charge in [0.25, 0.3) is 0 Å². The lowest BCUT2D eigenvalue weighted by Gasteiger charge is -2.39. The number of rotatable bonds is 3. The highest BCUT2D eigenvalue weighted by Gasteiger charge is 2.27. The summed E-state index contributed by atoms with van der Waals surface area (Å²) in [6, 6.07) is 14.2. The number of carbonyl (C=O) groups excluding carboxylic acids is 1. The van der Waals surface area contributed by atoms with E-state index in [0.29, 0.717) is 0 Å². The molecule has 0 atom stereocenters. The second kappa shape index (κ2) is 9.45. The van der Waals surface area contributed by atoms with E-state index in [1.54, 1.807) is 4.57 Å². The Kier molecular flexibility index (Phi) is 6.20. The minimum Gasteiger partial charge on any atom is -0.443 e. The number of pyridine rings is 1. The molecule has 6 nitrogen and oxygen atoms in total. The zero-order chi connectivity index (χ0) is 24.4. The zero-order valence-electron chi connectivity index (χ0n) is 20.6. The Balaban J connectivity index is 1.49. The van der Waals surface area contributed by atoms with Gasteiger partial charge in [-0.1, -0.05) is 36.4 Å². The Hall–Kier alpha value is -3.80. The maximum Gasteiger partial charge on any atom is 0.419 e. The van der Waals surface area contributed by atoms with E-state index in [4.69, 9.17) is 4.74 Å². The van der Waals surface area contributed by atoms with Crippen LogP contribution in [0, 0.1) is 0 Å². The molecule has 1 aliphatic carbocycles. The number of carbonyl (C=O) groups is 1. The quantitative estimate of drug-likeness (QED) is 0.481. The number of fused-ring (bicyclic) bond motifs is 1. The van der Waals surface area contributed by atoms with Crippen LogP contribution in [-0.4, -0.2) is 52.3 Å². The molecule has 0 unspecified atom stereocenters. The second-order valence-electron chi connectivity index (χ2n) is 9.92. The molecule has 0 saturated carbocycles. The number of benzene rings is 1. The van der Waals surface area contributed by atoms with Crippen LogP contribution in [0.25, 0.3) is 16.5 Å². The molecule has 0 amide bonds. The molecule has 3 heterocycles. The van der Waals surface area contributed by atoms with Gasteiger partial charge >= 0.3 is 6.09 Å². The molecule has 2 aromatic heterocycles. The summed E-state index contributed by atoms with van der Waals surface area (Å²) >= 11 is 0. The van der Waals surface area contributed by atoms with Gasteiger partial charge < -0.3 is 14.5 Å². The zero-order valence-corrected chi connectivity index (χ0v) is 20.6. The molecule has 1 saturated heterocycles. The Morgan fingerprint density at radius 1 is 0.971 bits per heavy atom. The van der Waals surface area contributed by atoms with E-state index in [0.717, 1.165) is 60.5 Å². The molecule has 0 spiro atoms. The molecule has 5 rings (SSSR count). The summed E-state index contributed by atoms with van der Waals surface area (Å²) < 4.78 is 7.57. The highest BCUT2D eigenvalue weighted by molar-refractivity contribution is 5.97. The van der Waals surface area contributed by atoms with E-state index in [1.165, 1.54) is 5.69 Å². The monoisotopic (exact) mass is 468 g/mol. The number of para-hydroxylation sites is 1. The summed E-state index contributed by atoms with van der Waals surface area (Å²) in [4.78, 5) is 22.4. The highest BCUT2D eigenvalue weighted by atomic mass is 16.6. The Bertz CT molecular complexity index is 1300. The fourth-order valence-electron chi connectivity index (χ4n) is 4.75. The van der Waals surface area contributed by atoms with Crippen LogP contribution in [0.2, 0.25) is 0 Å². The van der Waals surface area contributed by atoms with Crippen molar-refractivity contribution in [2.45, 2.75) is 32.8 Å². The largest absolute Gasteiger partial charge is 0.443 e. The van der Waals surface area contributed by atoms with Crippen molar-refractivity contribution in [2.24, 2.45) is 0 Å². The Morgan fingerprint density at radius 3 is 2.43 bits per heavy atom. The van der Waals surface area contributed by atoms with Crippen molar-refractivity contribution in [1.29, 1.82) is 0 Å². The lowest BCUT2D eigenvalue weighted by atomic mass is 10.1. The first-order chi connectivity index (χ1) is 16.9. The highest BCUT2D eigenvalue weighted by Crippen LogP contribution is 2.34. The van der Waals surface area contributed by atoms with Crippen molar-refractivity contribution < 1.29 is 9.53 Å². The van der Waals surface area contributed by atoms with Crippen molar-refractivity contribution in [1.82, 2.24) is 14.5 Å². The minimum atomic E-state index is -0.582. The third-order valence-corrected chi connectivity index (χ3v) is 6.34. The maximum absolute atomic E-state index is 13.4. The van der Waals surface area contributed by atoms with Crippen molar-refractivity contribution in [3.63, 3.8) is 0 Å². The van der Waals surface area contributed by atoms with Gasteiger partial charge in [0, 0.05) is 60.9 Å². The van der Waals surface area contributed by atoms with Gasteiger partial charge in [-0.05, 0) is 57.5 Å². The van der Waals surface area contributed by atoms with E-state index >= 15 is 0 Å². The predicted molar refractivity (Wildman–Crippen MR) is 141 cm³/mol. The topological polar surface area (TPSA) is 50.6 Å². The van der Waals surface area contributed by atoms with Crippen molar-refractivity contribution >= 4 is 28.3 Å². The van der Waals surface area contributed by atoms with Gasteiger partial charge in [0.1, 0.15) is 5.60 Å². The normalized spacial score (nSPS) is 16.7. The van der Waals surface area contributed by atoms with Gasteiger partial charge in [0.15, 0.2) is 0 Å². The second-order valence-corrected chi connectivity index (χ2v) is 9.92. The van der Waals surface area contributed by atoms with Crippen LogP contribution in [0.15, 0.2) is 84.9 Å². The average molecular weight is 469 g/mol. The first-order valence-corrected chi connectivity index (χ1v) is 12.2. The number of nitrogens with zero attached hydrogens (tertiary/aromatic N) is 4. The number of piperazine rings is 1. The van der Waals surface area contributed by atoms with Crippen molar-refractivity contribution in [3.05, 3.63) is 90.6 Å². The molecular formula is C29H32N4O2. The van der Waals surface area contributed by atoms with E-state index in [1.807, 2.05) is 57.4 Å². The van der Waals surface area contributed by atoms with Crippen LogP contribution in [0.4, 0.5) is 10.5 Å². The van der Waals surface area contributed by atoms with Gasteiger partial charge in [0.2, 0.25) is 0 Å². The predicted octanol–water partition coefficient (Wildman–Crippen LogP) is 5.87. The molecule has 35 heavy (non-hydrogen) atoms. The number of hydrogen-bond donors (Lipinski definition) is 0. The van der Waals surface area contributed by atoms with Gasteiger partial charge in [-0.2, -0.15) is 0 Å². The molecule has 1 aromatic carbocycles. The first-order valence-electron chi connectivity index (χ1n) is 12.2. The maximum atomic E-state index is 13.4. The SMILES string of the molecule is CC(C)(C)OC(=O)n1c(C2=CCC=CC=C2N2CCN(c3ccncc3)CC2)cc2ccccc21. The van der Waals surface area contributed by atoms with E-state index in [9.17, 15) is 4.79 Å². The van der Waals surface area contributed by atoms with Gasteiger partial charge in [-0.15, -0.1) is 0 Å². The first kappa shape index (κ1) is 23.0. The summed E-state index contributed by atoms with van der Waals surface area (Å²) in [5, 5.41) is 1.02. The summed E-state index contributed by atoms with van der Waals surface area (Å²) in [5.74, 6) is 0. The molecule has 6 heteroatoms. The number of hydrogen-bond acceptors (Lipinski definition) is 5. The van der Waals surface area contributed by atoms with Crippen LogP contribution < -0.4 is 4.90 Å².